The highest BCUT2D eigenvalue weighted by molar-refractivity contribution is 6.31. The maximum absolute atomic E-state index is 12.6. The highest BCUT2D eigenvalue weighted by Gasteiger charge is 2.17. The van der Waals surface area contributed by atoms with E-state index in [1.807, 2.05) is 30.3 Å². The van der Waals surface area contributed by atoms with Crippen LogP contribution in [0.5, 0.6) is 5.75 Å². The quantitative estimate of drug-likeness (QED) is 0.732. The number of halogens is 1. The number of para-hydroxylation sites is 1. The molecule has 0 aliphatic heterocycles. The summed E-state index contributed by atoms with van der Waals surface area (Å²) in [7, 11) is 1.68. The zero-order valence-electron chi connectivity index (χ0n) is 13.9. The van der Waals surface area contributed by atoms with Gasteiger partial charge in [0.25, 0.3) is 0 Å². The minimum atomic E-state index is -0.639. The number of nitrogens with zero attached hydrogens (tertiary/aromatic N) is 2. The molecule has 0 bridgehead atoms. The molecule has 0 saturated heterocycles. The number of aromatic nitrogens is 2. The van der Waals surface area contributed by atoms with Crippen molar-refractivity contribution < 1.29 is 9.84 Å². The lowest BCUT2D eigenvalue weighted by Gasteiger charge is -2.17. The third kappa shape index (κ3) is 3.45. The molecule has 0 spiro atoms. The number of hydrogen-bond donors (Lipinski definition) is 2. The monoisotopic (exact) mass is 359 g/mol. The lowest BCUT2D eigenvalue weighted by atomic mass is 10.2. The van der Waals surface area contributed by atoms with E-state index in [0.717, 1.165) is 0 Å². The average Bonchev–Trinajstić information content (AvgIpc) is 2.59. The number of rotatable bonds is 5. The van der Waals surface area contributed by atoms with Crippen molar-refractivity contribution in [3.8, 4) is 11.4 Å². The van der Waals surface area contributed by atoms with E-state index in [9.17, 15) is 9.90 Å². The summed E-state index contributed by atoms with van der Waals surface area (Å²) in [5.41, 5.74) is 0.826. The van der Waals surface area contributed by atoms with Crippen LogP contribution < -0.4 is 15.7 Å². The number of anilines is 1. The lowest BCUT2D eigenvalue weighted by Crippen LogP contribution is -2.23. The molecule has 0 fully saturated rings. The van der Waals surface area contributed by atoms with Gasteiger partial charge in [0.15, 0.2) is 0 Å². The number of nitrogens with one attached hydrogen (secondary N) is 1. The first-order valence-corrected chi connectivity index (χ1v) is 8.19. The third-order valence-electron chi connectivity index (χ3n) is 3.65. The van der Waals surface area contributed by atoms with E-state index in [0.29, 0.717) is 33.2 Å². The Bertz CT molecular complexity index is 955. The molecule has 7 heteroatoms. The Labute approximate surface area is 149 Å². The molecule has 1 heterocycles. The minimum Gasteiger partial charge on any atom is -0.490 e. The van der Waals surface area contributed by atoms with Gasteiger partial charge in [0, 0.05) is 12.1 Å². The van der Waals surface area contributed by atoms with Gasteiger partial charge in [-0.1, -0.05) is 29.8 Å². The molecule has 0 aliphatic rings. The number of benzene rings is 2. The van der Waals surface area contributed by atoms with Crippen molar-refractivity contribution in [3.63, 3.8) is 0 Å². The lowest BCUT2D eigenvalue weighted by molar-refractivity contribution is 0.123. The van der Waals surface area contributed by atoms with E-state index >= 15 is 0 Å². The second-order valence-corrected chi connectivity index (χ2v) is 6.06. The van der Waals surface area contributed by atoms with Crippen LogP contribution >= 0.6 is 11.6 Å². The molecule has 0 unspecified atom stereocenters. The Hall–Kier alpha value is -2.57. The fourth-order valence-corrected chi connectivity index (χ4v) is 2.82. The van der Waals surface area contributed by atoms with Crippen molar-refractivity contribution >= 4 is 28.3 Å². The molecule has 0 radical (unpaired) electrons. The van der Waals surface area contributed by atoms with Crippen molar-refractivity contribution in [1.82, 2.24) is 9.55 Å². The number of aliphatic hydroxyl groups is 1. The Kier molecular flexibility index (Phi) is 4.92. The summed E-state index contributed by atoms with van der Waals surface area (Å²) in [6.07, 6.45) is -0.639. The SMILES string of the molecule is CNc1nc(=O)n(-c2ccccc2)c2cc(Cl)cc(OC[C@@H](C)O)c12. The third-order valence-corrected chi connectivity index (χ3v) is 3.87. The van der Waals surface area contributed by atoms with Gasteiger partial charge >= 0.3 is 5.69 Å². The highest BCUT2D eigenvalue weighted by atomic mass is 35.5. The first-order valence-electron chi connectivity index (χ1n) is 7.81. The molecule has 1 aromatic heterocycles. The van der Waals surface area contributed by atoms with Crippen LogP contribution in [0.4, 0.5) is 5.82 Å². The second-order valence-electron chi connectivity index (χ2n) is 5.62. The zero-order chi connectivity index (χ0) is 18.0. The Morgan fingerprint density at radius 3 is 2.68 bits per heavy atom. The topological polar surface area (TPSA) is 76.4 Å². The van der Waals surface area contributed by atoms with Crippen LogP contribution in [0.2, 0.25) is 5.02 Å². The maximum atomic E-state index is 12.6. The number of ether oxygens (including phenoxy) is 1. The average molecular weight is 360 g/mol. The van der Waals surface area contributed by atoms with E-state index in [-0.39, 0.29) is 6.61 Å². The van der Waals surface area contributed by atoms with Gasteiger partial charge in [-0.3, -0.25) is 4.57 Å². The van der Waals surface area contributed by atoms with Gasteiger partial charge < -0.3 is 15.2 Å². The molecule has 1 atom stereocenters. The molecule has 25 heavy (non-hydrogen) atoms. The molecule has 0 saturated carbocycles. The normalized spacial score (nSPS) is 12.2. The van der Waals surface area contributed by atoms with E-state index in [1.54, 1.807) is 26.1 Å². The fourth-order valence-electron chi connectivity index (χ4n) is 2.62. The number of fused-ring (bicyclic) bond motifs is 1. The number of hydrogen-bond acceptors (Lipinski definition) is 5. The van der Waals surface area contributed by atoms with Crippen molar-refractivity contribution in [2.24, 2.45) is 0 Å². The first kappa shape index (κ1) is 17.3. The van der Waals surface area contributed by atoms with Crippen molar-refractivity contribution in [2.75, 3.05) is 19.0 Å². The summed E-state index contributed by atoms with van der Waals surface area (Å²) < 4.78 is 7.19. The van der Waals surface area contributed by atoms with Gasteiger partial charge in [-0.15, -0.1) is 0 Å². The van der Waals surface area contributed by atoms with Crippen molar-refractivity contribution in [1.29, 1.82) is 0 Å². The van der Waals surface area contributed by atoms with E-state index in [4.69, 9.17) is 16.3 Å². The van der Waals surface area contributed by atoms with Crippen LogP contribution in [-0.4, -0.2) is 34.4 Å². The van der Waals surface area contributed by atoms with Gasteiger partial charge in [-0.05, 0) is 31.2 Å². The van der Waals surface area contributed by atoms with E-state index < -0.39 is 11.8 Å². The maximum Gasteiger partial charge on any atom is 0.354 e. The van der Waals surface area contributed by atoms with E-state index in [1.165, 1.54) is 4.57 Å². The van der Waals surface area contributed by atoms with Crippen LogP contribution in [0.1, 0.15) is 6.92 Å². The predicted octanol–water partition coefficient (Wildman–Crippen LogP) is 2.84. The summed E-state index contributed by atoms with van der Waals surface area (Å²) >= 11 is 6.25. The molecule has 130 valence electrons. The van der Waals surface area contributed by atoms with E-state index in [2.05, 4.69) is 10.3 Å². The molecule has 3 rings (SSSR count). The first-order chi connectivity index (χ1) is 12.0. The van der Waals surface area contributed by atoms with Gasteiger partial charge in [0.2, 0.25) is 0 Å². The Balaban J connectivity index is 2.35. The highest BCUT2D eigenvalue weighted by Crippen LogP contribution is 2.34. The summed E-state index contributed by atoms with van der Waals surface area (Å²) in [6, 6.07) is 12.5. The Morgan fingerprint density at radius 1 is 1.32 bits per heavy atom. The molecule has 3 aromatic rings. The second kappa shape index (κ2) is 7.13. The van der Waals surface area contributed by atoms with Crippen LogP contribution in [0.3, 0.4) is 0 Å². The summed E-state index contributed by atoms with van der Waals surface area (Å²) in [4.78, 5) is 16.7. The fraction of sp³-hybridized carbons (Fsp3) is 0.222. The number of aliphatic hydroxyl groups excluding tert-OH is 1. The van der Waals surface area contributed by atoms with Crippen LogP contribution in [-0.2, 0) is 0 Å². The zero-order valence-corrected chi connectivity index (χ0v) is 14.6. The Morgan fingerprint density at radius 2 is 2.04 bits per heavy atom. The summed E-state index contributed by atoms with van der Waals surface area (Å²) in [5, 5.41) is 13.5. The minimum absolute atomic E-state index is 0.100. The van der Waals surface area contributed by atoms with Gasteiger partial charge in [-0.25, -0.2) is 4.79 Å². The summed E-state index contributed by atoms with van der Waals surface area (Å²) in [6.45, 7) is 1.73. The molecule has 2 aromatic carbocycles. The van der Waals surface area contributed by atoms with Gasteiger partial charge in [-0.2, -0.15) is 4.98 Å². The van der Waals surface area contributed by atoms with Gasteiger partial charge in [0.1, 0.15) is 18.2 Å². The van der Waals surface area contributed by atoms with Crippen molar-refractivity contribution in [3.05, 3.63) is 58.0 Å². The summed E-state index contributed by atoms with van der Waals surface area (Å²) in [5.74, 6) is 0.842. The van der Waals surface area contributed by atoms with Gasteiger partial charge in [0.05, 0.1) is 22.7 Å². The van der Waals surface area contributed by atoms with Crippen LogP contribution in [0.15, 0.2) is 47.3 Å². The molecule has 0 amide bonds. The standard InChI is InChI=1S/C18H18ClN3O3/c1-11(23)10-25-15-9-12(19)8-14-16(15)17(20-2)21-18(24)22(14)13-6-4-3-5-7-13/h3-9,11,23H,10H2,1-2H3,(H,20,21,24)/t11-/m1/s1. The van der Waals surface area contributed by atoms with Crippen LogP contribution in [0, 0.1) is 0 Å². The largest absolute Gasteiger partial charge is 0.490 e. The smallest absolute Gasteiger partial charge is 0.354 e. The van der Waals surface area contributed by atoms with Crippen molar-refractivity contribution in [2.45, 2.75) is 13.0 Å². The van der Waals surface area contributed by atoms with Crippen LogP contribution in [0.25, 0.3) is 16.6 Å². The molecular formula is C18H18ClN3O3. The predicted molar refractivity (Wildman–Crippen MR) is 99.1 cm³/mol. The molecule has 0 aliphatic carbocycles. The molecule has 6 nitrogen and oxygen atoms in total. The molecule has 2 N–H and O–H groups in total. The molecular weight excluding hydrogens is 342 g/mol.